The van der Waals surface area contributed by atoms with Crippen molar-refractivity contribution in [3.63, 3.8) is 0 Å². The van der Waals surface area contributed by atoms with Gasteiger partial charge in [0, 0.05) is 56.8 Å². The lowest BCUT2D eigenvalue weighted by molar-refractivity contribution is -0.697. The van der Waals surface area contributed by atoms with Crippen LogP contribution in [-0.4, -0.2) is 74.4 Å². The van der Waals surface area contributed by atoms with Gasteiger partial charge in [0.25, 0.3) is 20.2 Å². The number of unbranched alkanes of at least 4 members (excludes halogenated alkanes) is 6. The summed E-state index contributed by atoms with van der Waals surface area (Å²) in [4.78, 5) is 16.7. The molecule has 2 aromatic rings. The Hall–Kier alpha value is -2.80. The van der Waals surface area contributed by atoms with Crippen molar-refractivity contribution in [2.75, 3.05) is 42.6 Å². The number of carbonyl (C=O) groups is 1. The van der Waals surface area contributed by atoms with E-state index >= 15 is 0 Å². The van der Waals surface area contributed by atoms with Crippen LogP contribution in [0.4, 0.5) is 5.69 Å². The van der Waals surface area contributed by atoms with Gasteiger partial charge in [0.1, 0.15) is 6.54 Å². The predicted molar refractivity (Wildman–Crippen MR) is 190 cm³/mol. The van der Waals surface area contributed by atoms with Crippen molar-refractivity contribution in [3.8, 4) is 0 Å². The number of hydrogen-bond acceptors (Lipinski definition) is 6. The third kappa shape index (κ3) is 19.0. The van der Waals surface area contributed by atoms with Crippen molar-refractivity contribution >= 4 is 44.0 Å². The van der Waals surface area contributed by atoms with Gasteiger partial charge in [-0.25, -0.2) is 4.57 Å². The number of nitrogens with zero attached hydrogens (tertiary/aromatic N) is 3. The number of carbonyl (C=O) groups excluding carboxylic acids is 1. The highest BCUT2D eigenvalue weighted by molar-refractivity contribution is 7.86. The first kappa shape index (κ1) is 40.4. The molecule has 1 amide bonds. The second kappa shape index (κ2) is 22.0. The van der Waals surface area contributed by atoms with E-state index < -0.39 is 31.7 Å². The lowest BCUT2D eigenvalue weighted by Gasteiger charge is -2.25. The Balaban J connectivity index is 1.89. The van der Waals surface area contributed by atoms with Crippen LogP contribution in [0.15, 0.2) is 48.8 Å². The van der Waals surface area contributed by atoms with E-state index in [1.165, 1.54) is 62.0 Å². The molecule has 0 atom stereocenters. The van der Waals surface area contributed by atoms with Crippen LogP contribution in [0.1, 0.15) is 102 Å². The standard InChI is InChI=1S/C35H55N3O7S2/c1-3-5-7-9-24-37(25-10-8-6-4-2)34-19-17-32(18-20-34)15-16-33-21-28-36(29-22-33)23-11-14-35(39)38(26-12-30-46(40,41)42)27-13-31-47(43,44)45/h15-22,28-29H,3-14,23-27,30-31H2,1-2H3,(H-,40,41,42,43,44,45)/p+1. The Kier molecular flexibility index (Phi) is 18.9. The molecule has 2 rings (SSSR count). The van der Waals surface area contributed by atoms with Gasteiger partial charge in [-0.2, -0.15) is 16.8 Å². The number of pyridine rings is 1. The molecule has 0 radical (unpaired) electrons. The zero-order chi connectivity index (χ0) is 34.5. The highest BCUT2D eigenvalue weighted by Gasteiger charge is 2.17. The Bertz CT molecular complexity index is 1360. The molecule has 0 aliphatic carbocycles. The molecule has 47 heavy (non-hydrogen) atoms. The monoisotopic (exact) mass is 694 g/mol. The Labute approximate surface area is 283 Å². The molecular weight excluding hydrogens is 639 g/mol. The molecule has 12 heteroatoms. The molecule has 10 nitrogen and oxygen atoms in total. The van der Waals surface area contributed by atoms with E-state index in [9.17, 15) is 21.6 Å². The van der Waals surface area contributed by atoms with Gasteiger partial charge in [0.15, 0.2) is 12.4 Å². The summed E-state index contributed by atoms with van der Waals surface area (Å²) >= 11 is 0. The van der Waals surface area contributed by atoms with Gasteiger partial charge in [0.05, 0.1) is 11.5 Å². The summed E-state index contributed by atoms with van der Waals surface area (Å²) in [6, 6.07) is 12.8. The molecule has 2 N–H and O–H groups in total. The third-order valence-corrected chi connectivity index (χ3v) is 9.64. The molecule has 0 spiro atoms. The fraction of sp³-hybridized carbons (Fsp3) is 0.600. The second-order valence-electron chi connectivity index (χ2n) is 12.2. The fourth-order valence-corrected chi connectivity index (χ4v) is 6.34. The van der Waals surface area contributed by atoms with E-state index in [2.05, 4.69) is 55.2 Å². The largest absolute Gasteiger partial charge is 0.372 e. The molecule has 0 bridgehead atoms. The van der Waals surface area contributed by atoms with Gasteiger partial charge in [-0.15, -0.1) is 0 Å². The molecule has 0 saturated heterocycles. The molecule has 1 aromatic heterocycles. The lowest BCUT2D eigenvalue weighted by atomic mass is 10.1. The zero-order valence-electron chi connectivity index (χ0n) is 28.3. The number of benzene rings is 1. The first-order valence-corrected chi connectivity index (χ1v) is 20.3. The number of rotatable bonds is 25. The Morgan fingerprint density at radius 2 is 1.15 bits per heavy atom. The summed E-state index contributed by atoms with van der Waals surface area (Å²) in [5, 5.41) is 0. The van der Waals surface area contributed by atoms with Crippen molar-refractivity contribution in [1.82, 2.24) is 4.90 Å². The molecule has 0 aliphatic rings. The van der Waals surface area contributed by atoms with Crippen molar-refractivity contribution in [1.29, 1.82) is 0 Å². The average molecular weight is 695 g/mol. The van der Waals surface area contributed by atoms with Crippen LogP contribution in [0, 0.1) is 0 Å². The summed E-state index contributed by atoms with van der Waals surface area (Å²) in [5.41, 5.74) is 3.48. The summed E-state index contributed by atoms with van der Waals surface area (Å²) in [7, 11) is -8.33. The summed E-state index contributed by atoms with van der Waals surface area (Å²) in [6.45, 7) is 7.42. The zero-order valence-corrected chi connectivity index (χ0v) is 29.9. The first-order valence-electron chi connectivity index (χ1n) is 17.1. The number of aromatic nitrogens is 1. The number of aryl methyl sites for hydroxylation is 1. The van der Waals surface area contributed by atoms with Gasteiger partial charge in [-0.05, 0) is 48.9 Å². The highest BCUT2D eigenvalue weighted by atomic mass is 32.2. The van der Waals surface area contributed by atoms with Crippen LogP contribution in [0.2, 0.25) is 0 Å². The number of amides is 1. The van der Waals surface area contributed by atoms with E-state index in [1.807, 2.05) is 29.1 Å². The van der Waals surface area contributed by atoms with Crippen LogP contribution < -0.4 is 9.47 Å². The summed E-state index contributed by atoms with van der Waals surface area (Å²) in [5.74, 6) is -1.22. The molecule has 264 valence electrons. The van der Waals surface area contributed by atoms with Crippen LogP contribution in [0.25, 0.3) is 12.2 Å². The van der Waals surface area contributed by atoms with Crippen LogP contribution >= 0.6 is 0 Å². The van der Waals surface area contributed by atoms with E-state index in [-0.39, 0.29) is 38.3 Å². The van der Waals surface area contributed by atoms with E-state index in [0.29, 0.717) is 13.0 Å². The maximum atomic E-state index is 12.8. The highest BCUT2D eigenvalue weighted by Crippen LogP contribution is 2.19. The molecule has 0 fully saturated rings. The smallest absolute Gasteiger partial charge is 0.264 e. The Morgan fingerprint density at radius 3 is 1.62 bits per heavy atom. The van der Waals surface area contributed by atoms with Crippen LogP contribution in [-0.2, 0) is 31.6 Å². The van der Waals surface area contributed by atoms with Crippen molar-refractivity contribution in [2.45, 2.75) is 97.4 Å². The summed E-state index contributed by atoms with van der Waals surface area (Å²) in [6.07, 6.45) is 19.0. The summed E-state index contributed by atoms with van der Waals surface area (Å²) < 4.78 is 64.1. The minimum atomic E-state index is -4.16. The SMILES string of the molecule is CCCCCCN(CCCCCC)c1ccc(/C=C/c2cc[n+](CCCC(=O)N(CCCS(=O)(=O)O)CCCS(=O)(=O)O)cc2)cc1. The lowest BCUT2D eigenvalue weighted by Crippen LogP contribution is -2.36. The quantitative estimate of drug-likeness (QED) is 0.0705. The minimum absolute atomic E-state index is 0.0288. The average Bonchev–Trinajstić information content (AvgIpc) is 3.02. The van der Waals surface area contributed by atoms with Gasteiger partial charge in [-0.3, -0.25) is 13.9 Å². The second-order valence-corrected chi connectivity index (χ2v) is 15.3. The number of hydrogen-bond donors (Lipinski definition) is 2. The van der Waals surface area contributed by atoms with Gasteiger partial charge in [-0.1, -0.05) is 76.7 Å². The van der Waals surface area contributed by atoms with Crippen LogP contribution in [0.3, 0.4) is 0 Å². The van der Waals surface area contributed by atoms with E-state index in [0.717, 1.165) is 24.2 Å². The molecule has 1 heterocycles. The van der Waals surface area contributed by atoms with Gasteiger partial charge >= 0.3 is 0 Å². The topological polar surface area (TPSA) is 136 Å². The van der Waals surface area contributed by atoms with Gasteiger partial charge in [0.2, 0.25) is 5.91 Å². The molecule has 0 unspecified atom stereocenters. The maximum absolute atomic E-state index is 12.8. The molecule has 0 saturated carbocycles. The van der Waals surface area contributed by atoms with Crippen molar-refractivity contribution in [2.24, 2.45) is 0 Å². The Morgan fingerprint density at radius 1 is 0.660 bits per heavy atom. The van der Waals surface area contributed by atoms with Crippen molar-refractivity contribution in [3.05, 3.63) is 59.9 Å². The number of anilines is 1. The van der Waals surface area contributed by atoms with E-state index in [1.54, 1.807) is 0 Å². The fourth-order valence-electron chi connectivity index (χ4n) is 5.35. The molecule has 0 aliphatic heterocycles. The predicted octanol–water partition coefficient (Wildman–Crippen LogP) is 6.28. The molecular formula is C35H56N3O7S2+. The van der Waals surface area contributed by atoms with E-state index in [4.69, 9.17) is 9.11 Å². The first-order chi connectivity index (χ1) is 22.4. The normalized spacial score (nSPS) is 12.1. The molecule has 1 aromatic carbocycles. The van der Waals surface area contributed by atoms with Crippen LogP contribution in [0.5, 0.6) is 0 Å². The third-order valence-electron chi connectivity index (χ3n) is 8.03. The maximum Gasteiger partial charge on any atom is 0.264 e. The van der Waals surface area contributed by atoms with Crippen molar-refractivity contribution < 1.29 is 35.3 Å². The minimum Gasteiger partial charge on any atom is -0.372 e. The van der Waals surface area contributed by atoms with Gasteiger partial charge < -0.3 is 9.80 Å².